The molecule has 11 atom stereocenters. The molecule has 0 aliphatic heterocycles. The number of rotatable bonds is 6. The van der Waals surface area contributed by atoms with Gasteiger partial charge in [0.2, 0.25) is 0 Å². The van der Waals surface area contributed by atoms with E-state index in [1.807, 2.05) is 0 Å². The lowest BCUT2D eigenvalue weighted by Crippen LogP contribution is -2.58. The third kappa shape index (κ3) is 3.79. The van der Waals surface area contributed by atoms with Gasteiger partial charge in [-0.05, 0) is 110 Å². The lowest BCUT2D eigenvalue weighted by Gasteiger charge is -2.62. The molecule has 4 unspecified atom stereocenters. The van der Waals surface area contributed by atoms with Crippen molar-refractivity contribution < 1.29 is 15.3 Å². The number of hydrogen-bond donors (Lipinski definition) is 3. The summed E-state index contributed by atoms with van der Waals surface area (Å²) in [6, 6.07) is 0. The minimum atomic E-state index is -0.164. The first-order valence-electron chi connectivity index (χ1n) is 13.2. The van der Waals surface area contributed by atoms with Gasteiger partial charge in [-0.25, -0.2) is 0 Å². The summed E-state index contributed by atoms with van der Waals surface area (Å²) in [7, 11) is 0. The molecule has 3 heteroatoms. The van der Waals surface area contributed by atoms with E-state index in [2.05, 4.69) is 27.7 Å². The predicted octanol–water partition coefficient (Wildman–Crippen LogP) is 5.41. The Bertz CT molecular complexity index is 593. The maximum absolute atomic E-state index is 11.4. The molecule has 3 nitrogen and oxygen atoms in total. The Kier molecular flexibility index (Phi) is 6.66. The lowest BCUT2D eigenvalue weighted by atomic mass is 9.43. The highest BCUT2D eigenvalue weighted by Gasteiger charge is 2.62. The van der Waals surface area contributed by atoms with Gasteiger partial charge in [-0.2, -0.15) is 0 Å². The highest BCUT2D eigenvalue weighted by atomic mass is 16.3. The van der Waals surface area contributed by atoms with Crippen molar-refractivity contribution in [2.24, 2.45) is 52.3 Å². The van der Waals surface area contributed by atoms with Crippen LogP contribution in [0.2, 0.25) is 0 Å². The van der Waals surface area contributed by atoms with E-state index < -0.39 is 0 Å². The van der Waals surface area contributed by atoms with Crippen LogP contribution in [0.25, 0.3) is 0 Å². The number of aliphatic hydroxyl groups is 3. The van der Waals surface area contributed by atoms with Crippen molar-refractivity contribution in [2.45, 2.75) is 111 Å². The molecule has 4 saturated carbocycles. The van der Waals surface area contributed by atoms with Crippen LogP contribution < -0.4 is 0 Å². The molecule has 0 aromatic heterocycles. The second-order valence-electron chi connectivity index (χ2n) is 12.6. The van der Waals surface area contributed by atoms with Crippen LogP contribution in [-0.2, 0) is 0 Å². The molecule has 30 heavy (non-hydrogen) atoms. The zero-order chi connectivity index (χ0) is 21.7. The van der Waals surface area contributed by atoms with E-state index >= 15 is 0 Å². The molecule has 4 aliphatic rings. The maximum Gasteiger partial charge on any atom is 0.0577 e. The lowest BCUT2D eigenvalue weighted by molar-refractivity contribution is -0.174. The van der Waals surface area contributed by atoms with Crippen LogP contribution in [0.5, 0.6) is 0 Å². The molecule has 0 saturated heterocycles. The van der Waals surface area contributed by atoms with Crippen molar-refractivity contribution in [1.82, 2.24) is 0 Å². The molecule has 0 aromatic carbocycles. The summed E-state index contributed by atoms with van der Waals surface area (Å²) in [5.74, 6) is 4.28. The van der Waals surface area contributed by atoms with Crippen molar-refractivity contribution in [3.8, 4) is 0 Å². The van der Waals surface area contributed by atoms with Gasteiger partial charge >= 0.3 is 0 Å². The first-order chi connectivity index (χ1) is 14.2. The van der Waals surface area contributed by atoms with Gasteiger partial charge < -0.3 is 15.3 Å². The largest absolute Gasteiger partial charge is 0.396 e. The van der Waals surface area contributed by atoms with Gasteiger partial charge in [-0.1, -0.05) is 40.5 Å². The SMILES string of the molecule is CC(CO)CCC[C@@H](C)[C@H]1CC[C@H]2[C@@H]3C(O)CC4CC(O)CC[C@]4(C)[C@H]3CC[C@]12C. The Morgan fingerprint density at radius 2 is 1.57 bits per heavy atom. The van der Waals surface area contributed by atoms with E-state index in [-0.39, 0.29) is 12.2 Å². The van der Waals surface area contributed by atoms with Crippen LogP contribution in [0.3, 0.4) is 0 Å². The second-order valence-corrected chi connectivity index (χ2v) is 12.6. The smallest absolute Gasteiger partial charge is 0.0577 e. The van der Waals surface area contributed by atoms with Crippen molar-refractivity contribution in [1.29, 1.82) is 0 Å². The van der Waals surface area contributed by atoms with Crippen LogP contribution in [0.4, 0.5) is 0 Å². The highest BCUT2D eigenvalue weighted by Crippen LogP contribution is 2.68. The average molecular weight is 421 g/mol. The molecule has 0 radical (unpaired) electrons. The van der Waals surface area contributed by atoms with Crippen molar-refractivity contribution in [2.75, 3.05) is 6.61 Å². The Morgan fingerprint density at radius 1 is 0.867 bits per heavy atom. The molecule has 0 bridgehead atoms. The first-order valence-corrected chi connectivity index (χ1v) is 13.2. The summed E-state index contributed by atoms with van der Waals surface area (Å²) in [6.07, 6.45) is 12.5. The van der Waals surface area contributed by atoms with Crippen LogP contribution in [0, 0.1) is 52.3 Å². The van der Waals surface area contributed by atoms with Crippen LogP contribution in [0.1, 0.15) is 98.3 Å². The standard InChI is InChI=1S/C27H48O3/c1-17(16-28)6-5-7-18(2)21-8-9-22-25-23(11-13-27(21,22)4)26(3)12-10-20(29)14-19(26)15-24(25)30/h17-25,28-30H,5-16H2,1-4H3/t17?,18-,19?,20?,21-,22+,23+,24?,25+,26+,27-/m1/s1. The molecule has 0 amide bonds. The van der Waals surface area contributed by atoms with Gasteiger partial charge in [-0.3, -0.25) is 0 Å². The van der Waals surface area contributed by atoms with Crippen LogP contribution >= 0.6 is 0 Å². The molecule has 0 spiro atoms. The van der Waals surface area contributed by atoms with Gasteiger partial charge in [0.1, 0.15) is 0 Å². The van der Waals surface area contributed by atoms with Gasteiger partial charge in [0.15, 0.2) is 0 Å². The molecular weight excluding hydrogens is 372 g/mol. The van der Waals surface area contributed by atoms with Gasteiger partial charge in [0.05, 0.1) is 12.2 Å². The molecule has 3 N–H and O–H groups in total. The van der Waals surface area contributed by atoms with E-state index in [1.54, 1.807) is 0 Å². The fourth-order valence-corrected chi connectivity index (χ4v) is 9.26. The summed E-state index contributed by atoms with van der Waals surface area (Å²) < 4.78 is 0. The second kappa shape index (κ2) is 8.67. The molecule has 4 aliphatic carbocycles. The van der Waals surface area contributed by atoms with E-state index in [4.69, 9.17) is 0 Å². The minimum absolute atomic E-state index is 0.147. The Morgan fingerprint density at radius 3 is 2.30 bits per heavy atom. The Balaban J connectivity index is 1.47. The normalized spacial score (nSPS) is 50.3. The minimum Gasteiger partial charge on any atom is -0.396 e. The van der Waals surface area contributed by atoms with Crippen molar-refractivity contribution in [3.05, 3.63) is 0 Å². The predicted molar refractivity (Wildman–Crippen MR) is 122 cm³/mol. The first kappa shape index (κ1) is 23.1. The fourth-order valence-electron chi connectivity index (χ4n) is 9.26. The number of fused-ring (bicyclic) bond motifs is 5. The number of aliphatic hydroxyl groups excluding tert-OH is 3. The van der Waals surface area contributed by atoms with Gasteiger partial charge in [0.25, 0.3) is 0 Å². The van der Waals surface area contributed by atoms with E-state index in [1.165, 1.54) is 38.5 Å². The summed E-state index contributed by atoms with van der Waals surface area (Å²) in [6.45, 7) is 10.0. The molecule has 0 heterocycles. The van der Waals surface area contributed by atoms with E-state index in [0.29, 0.717) is 47.0 Å². The quantitative estimate of drug-likeness (QED) is 0.538. The molecule has 4 rings (SSSR count). The third-order valence-electron chi connectivity index (χ3n) is 11.1. The summed E-state index contributed by atoms with van der Waals surface area (Å²) in [4.78, 5) is 0. The maximum atomic E-state index is 11.4. The summed E-state index contributed by atoms with van der Waals surface area (Å²) >= 11 is 0. The molecule has 174 valence electrons. The van der Waals surface area contributed by atoms with Crippen LogP contribution in [0.15, 0.2) is 0 Å². The topological polar surface area (TPSA) is 60.7 Å². The third-order valence-corrected chi connectivity index (χ3v) is 11.1. The molecule has 4 fully saturated rings. The zero-order valence-electron chi connectivity index (χ0n) is 20.0. The highest BCUT2D eigenvalue weighted by molar-refractivity contribution is 5.11. The van der Waals surface area contributed by atoms with E-state index in [9.17, 15) is 15.3 Å². The van der Waals surface area contributed by atoms with Gasteiger partial charge in [0, 0.05) is 6.61 Å². The Hall–Kier alpha value is -0.120. The monoisotopic (exact) mass is 420 g/mol. The average Bonchev–Trinajstić information content (AvgIpc) is 3.06. The Labute approximate surface area is 185 Å². The summed E-state index contributed by atoms with van der Waals surface area (Å²) in [5, 5.41) is 30.9. The summed E-state index contributed by atoms with van der Waals surface area (Å²) in [5.41, 5.74) is 0.718. The van der Waals surface area contributed by atoms with E-state index in [0.717, 1.165) is 43.9 Å². The molecular formula is C27H48O3. The zero-order valence-corrected chi connectivity index (χ0v) is 20.0. The van der Waals surface area contributed by atoms with Crippen molar-refractivity contribution >= 4 is 0 Å². The number of hydrogen-bond acceptors (Lipinski definition) is 3. The van der Waals surface area contributed by atoms with Crippen molar-refractivity contribution in [3.63, 3.8) is 0 Å². The van der Waals surface area contributed by atoms with Gasteiger partial charge in [-0.15, -0.1) is 0 Å². The molecule has 0 aromatic rings. The fraction of sp³-hybridized carbons (Fsp3) is 1.00. The van der Waals surface area contributed by atoms with Crippen LogP contribution in [-0.4, -0.2) is 34.1 Å².